The third kappa shape index (κ3) is 3.97. The summed E-state index contributed by atoms with van der Waals surface area (Å²) in [5.74, 6) is 0.661. The Morgan fingerprint density at radius 2 is 1.92 bits per heavy atom. The highest BCUT2D eigenvalue weighted by atomic mass is 79.9. The van der Waals surface area contributed by atoms with Crippen molar-refractivity contribution in [1.29, 1.82) is 0 Å². The van der Waals surface area contributed by atoms with Gasteiger partial charge in [0, 0.05) is 22.3 Å². The summed E-state index contributed by atoms with van der Waals surface area (Å²) in [7, 11) is 0. The SMILES string of the molecule is C=CCOCC(COCC=C)n1cc(C2CC2)c2cc(Br)cnc21. The molecular formula is C19H23BrN2O2. The Balaban J connectivity index is 1.92. The number of hydrogen-bond donors (Lipinski definition) is 0. The molecule has 2 heterocycles. The molecule has 2 aromatic rings. The van der Waals surface area contributed by atoms with Crippen molar-refractivity contribution in [1.82, 2.24) is 9.55 Å². The highest BCUT2D eigenvalue weighted by molar-refractivity contribution is 9.10. The molecule has 0 saturated heterocycles. The Morgan fingerprint density at radius 3 is 2.50 bits per heavy atom. The fourth-order valence-corrected chi connectivity index (χ4v) is 3.24. The predicted octanol–water partition coefficient (Wildman–Crippen LogP) is 4.62. The third-order valence-electron chi connectivity index (χ3n) is 4.17. The summed E-state index contributed by atoms with van der Waals surface area (Å²) in [5.41, 5.74) is 2.38. The fourth-order valence-electron chi connectivity index (χ4n) is 2.91. The molecule has 2 aromatic heterocycles. The standard InChI is InChI=1S/C19H23BrN2O2/c1-3-7-23-12-16(13-24-8-4-2)22-11-18(14-5-6-14)17-9-15(20)10-21-19(17)22/h3-4,9-11,14,16H,1-2,5-8,12-13H2. The maximum atomic E-state index is 5.71. The molecule has 1 fully saturated rings. The third-order valence-corrected chi connectivity index (χ3v) is 4.60. The lowest BCUT2D eigenvalue weighted by molar-refractivity contribution is 0.0648. The molecule has 4 nitrogen and oxygen atoms in total. The van der Waals surface area contributed by atoms with E-state index in [1.165, 1.54) is 23.8 Å². The Hall–Kier alpha value is -1.43. The van der Waals surface area contributed by atoms with Crippen LogP contribution in [-0.2, 0) is 9.47 Å². The largest absolute Gasteiger partial charge is 0.375 e. The number of fused-ring (bicyclic) bond motifs is 1. The average Bonchev–Trinajstić information content (AvgIpc) is 3.35. The van der Waals surface area contributed by atoms with E-state index in [1.54, 1.807) is 12.2 Å². The van der Waals surface area contributed by atoms with Crippen LogP contribution in [0.5, 0.6) is 0 Å². The van der Waals surface area contributed by atoms with Gasteiger partial charge in [0.05, 0.1) is 32.5 Å². The van der Waals surface area contributed by atoms with Gasteiger partial charge in [-0.15, -0.1) is 13.2 Å². The molecule has 5 heteroatoms. The number of hydrogen-bond acceptors (Lipinski definition) is 3. The monoisotopic (exact) mass is 390 g/mol. The van der Waals surface area contributed by atoms with Gasteiger partial charge >= 0.3 is 0 Å². The second-order valence-electron chi connectivity index (χ2n) is 6.10. The minimum Gasteiger partial charge on any atom is -0.375 e. The first-order chi connectivity index (χ1) is 11.7. The molecule has 1 aliphatic rings. The number of rotatable bonds is 10. The van der Waals surface area contributed by atoms with Crippen molar-refractivity contribution < 1.29 is 9.47 Å². The minimum atomic E-state index is 0.0774. The highest BCUT2D eigenvalue weighted by Gasteiger charge is 2.29. The van der Waals surface area contributed by atoms with Crippen molar-refractivity contribution in [3.63, 3.8) is 0 Å². The van der Waals surface area contributed by atoms with E-state index in [4.69, 9.17) is 9.47 Å². The van der Waals surface area contributed by atoms with Gasteiger partial charge in [0.2, 0.25) is 0 Å². The van der Waals surface area contributed by atoms with Crippen molar-refractivity contribution in [2.45, 2.75) is 24.8 Å². The van der Waals surface area contributed by atoms with Crippen LogP contribution in [0, 0.1) is 0 Å². The van der Waals surface area contributed by atoms with E-state index in [-0.39, 0.29) is 6.04 Å². The zero-order valence-corrected chi connectivity index (χ0v) is 15.4. The smallest absolute Gasteiger partial charge is 0.140 e. The molecule has 1 saturated carbocycles. The molecule has 0 bridgehead atoms. The molecule has 24 heavy (non-hydrogen) atoms. The molecule has 0 aromatic carbocycles. The topological polar surface area (TPSA) is 36.3 Å². The Bertz CT molecular complexity index is 707. The average molecular weight is 391 g/mol. The van der Waals surface area contributed by atoms with Crippen molar-refractivity contribution >= 4 is 27.0 Å². The molecule has 3 rings (SSSR count). The molecule has 0 aliphatic heterocycles. The van der Waals surface area contributed by atoms with Crippen LogP contribution in [0.25, 0.3) is 11.0 Å². The maximum absolute atomic E-state index is 5.71. The van der Waals surface area contributed by atoms with Crippen LogP contribution in [0.3, 0.4) is 0 Å². The maximum Gasteiger partial charge on any atom is 0.140 e. The molecule has 1 aliphatic carbocycles. The van der Waals surface area contributed by atoms with E-state index in [2.05, 4.69) is 50.9 Å². The number of pyridine rings is 1. The molecule has 0 amide bonds. The number of aromatic nitrogens is 2. The Kier molecular flexibility index (Phi) is 5.87. The lowest BCUT2D eigenvalue weighted by Gasteiger charge is -2.19. The van der Waals surface area contributed by atoms with Crippen molar-refractivity contribution in [3.05, 3.63) is 53.8 Å². The van der Waals surface area contributed by atoms with E-state index in [9.17, 15) is 0 Å². The van der Waals surface area contributed by atoms with Gasteiger partial charge in [0.1, 0.15) is 5.65 Å². The minimum absolute atomic E-state index is 0.0774. The summed E-state index contributed by atoms with van der Waals surface area (Å²) in [4.78, 5) is 4.65. The highest BCUT2D eigenvalue weighted by Crippen LogP contribution is 2.44. The van der Waals surface area contributed by atoms with E-state index in [1.807, 2.05) is 6.20 Å². The second kappa shape index (κ2) is 8.10. The lowest BCUT2D eigenvalue weighted by atomic mass is 10.1. The first-order valence-corrected chi connectivity index (χ1v) is 9.07. The van der Waals surface area contributed by atoms with Crippen molar-refractivity contribution in [2.24, 2.45) is 0 Å². The normalized spacial score (nSPS) is 14.4. The van der Waals surface area contributed by atoms with E-state index in [0.29, 0.717) is 32.3 Å². The molecular weight excluding hydrogens is 368 g/mol. The summed E-state index contributed by atoms with van der Waals surface area (Å²) >= 11 is 3.54. The van der Waals surface area contributed by atoms with Gasteiger partial charge in [-0.05, 0) is 46.3 Å². The molecule has 0 N–H and O–H groups in total. The zero-order valence-electron chi connectivity index (χ0n) is 13.8. The predicted molar refractivity (Wildman–Crippen MR) is 100 cm³/mol. The van der Waals surface area contributed by atoms with E-state index in [0.717, 1.165) is 10.1 Å². The van der Waals surface area contributed by atoms with Crippen LogP contribution >= 0.6 is 15.9 Å². The molecule has 0 unspecified atom stereocenters. The first-order valence-electron chi connectivity index (χ1n) is 8.27. The summed E-state index contributed by atoms with van der Waals surface area (Å²) < 4.78 is 14.6. The van der Waals surface area contributed by atoms with Crippen molar-refractivity contribution in [3.8, 4) is 0 Å². The molecule has 0 radical (unpaired) electrons. The summed E-state index contributed by atoms with van der Waals surface area (Å²) in [5, 5.41) is 1.23. The van der Waals surface area contributed by atoms with Gasteiger partial charge in [-0.1, -0.05) is 12.2 Å². The van der Waals surface area contributed by atoms with Crippen LogP contribution < -0.4 is 0 Å². The Labute approximate surface area is 151 Å². The van der Waals surface area contributed by atoms with E-state index < -0.39 is 0 Å². The van der Waals surface area contributed by atoms with Crippen LogP contribution in [0.2, 0.25) is 0 Å². The summed E-state index contributed by atoms with van der Waals surface area (Å²) in [6.07, 6.45) is 10.1. The number of ether oxygens (including phenoxy) is 2. The van der Waals surface area contributed by atoms with Crippen LogP contribution in [0.15, 0.2) is 48.2 Å². The van der Waals surface area contributed by atoms with Gasteiger partial charge < -0.3 is 14.0 Å². The number of nitrogens with zero attached hydrogens (tertiary/aromatic N) is 2. The van der Waals surface area contributed by atoms with Crippen LogP contribution in [0.1, 0.15) is 30.4 Å². The molecule has 0 spiro atoms. The van der Waals surface area contributed by atoms with Gasteiger partial charge in [0.25, 0.3) is 0 Å². The van der Waals surface area contributed by atoms with Gasteiger partial charge in [-0.2, -0.15) is 0 Å². The number of halogens is 1. The Morgan fingerprint density at radius 1 is 1.25 bits per heavy atom. The van der Waals surface area contributed by atoms with Crippen molar-refractivity contribution in [2.75, 3.05) is 26.4 Å². The van der Waals surface area contributed by atoms with Crippen LogP contribution in [0.4, 0.5) is 0 Å². The van der Waals surface area contributed by atoms with Gasteiger partial charge in [0.15, 0.2) is 0 Å². The fraction of sp³-hybridized carbons (Fsp3) is 0.421. The summed E-state index contributed by atoms with van der Waals surface area (Å²) in [6, 6.07) is 2.24. The lowest BCUT2D eigenvalue weighted by Crippen LogP contribution is -2.21. The first kappa shape index (κ1) is 17.4. The molecule has 0 atom stereocenters. The second-order valence-corrected chi connectivity index (χ2v) is 7.01. The zero-order chi connectivity index (χ0) is 16.9. The quantitative estimate of drug-likeness (QED) is 0.438. The summed E-state index contributed by atoms with van der Waals surface area (Å²) in [6.45, 7) is 9.61. The van der Waals surface area contributed by atoms with E-state index >= 15 is 0 Å². The van der Waals surface area contributed by atoms with Crippen LogP contribution in [-0.4, -0.2) is 36.0 Å². The van der Waals surface area contributed by atoms with Gasteiger partial charge in [-0.25, -0.2) is 4.98 Å². The molecule has 128 valence electrons. The van der Waals surface area contributed by atoms with Gasteiger partial charge in [-0.3, -0.25) is 0 Å².